The topological polar surface area (TPSA) is 59.6 Å². The Morgan fingerprint density at radius 3 is 2.46 bits per heavy atom. The van der Waals surface area contributed by atoms with Crippen LogP contribution >= 0.6 is 0 Å². The molecule has 0 saturated heterocycles. The Balaban J connectivity index is 1.92. The lowest BCUT2D eigenvalue weighted by molar-refractivity contribution is 0.307. The maximum absolute atomic E-state index is 13.3. The van der Waals surface area contributed by atoms with E-state index in [2.05, 4.69) is 10.3 Å². The van der Waals surface area contributed by atoms with E-state index in [1.165, 1.54) is 12.1 Å². The molecule has 0 unspecified atom stereocenters. The van der Waals surface area contributed by atoms with Crippen molar-refractivity contribution < 1.29 is 9.13 Å². The van der Waals surface area contributed by atoms with E-state index in [-0.39, 0.29) is 5.82 Å². The third-order valence-corrected chi connectivity index (χ3v) is 3.89. The van der Waals surface area contributed by atoms with E-state index < -0.39 is 0 Å². The maximum Gasteiger partial charge on any atom is 0.192 e. The predicted octanol–water partition coefficient (Wildman–Crippen LogP) is 4.43. The first kappa shape index (κ1) is 17.5. The van der Waals surface area contributed by atoms with Crippen LogP contribution in [0.1, 0.15) is 5.56 Å². The van der Waals surface area contributed by atoms with E-state index in [1.807, 2.05) is 48.5 Å². The third-order valence-electron chi connectivity index (χ3n) is 3.89. The number of hydrogen-bond acceptors (Lipinski definition) is 2. The molecule has 26 heavy (non-hydrogen) atoms. The van der Waals surface area contributed by atoms with Gasteiger partial charge in [0.25, 0.3) is 0 Å². The van der Waals surface area contributed by atoms with Crippen molar-refractivity contribution in [3.8, 4) is 16.9 Å². The number of benzene rings is 3. The van der Waals surface area contributed by atoms with Crippen LogP contribution in [-0.2, 0) is 6.61 Å². The van der Waals surface area contributed by atoms with Crippen LogP contribution in [0.4, 0.5) is 10.1 Å². The van der Waals surface area contributed by atoms with Crippen molar-refractivity contribution in [3.05, 3.63) is 84.2 Å². The first-order valence-electron chi connectivity index (χ1n) is 8.21. The molecule has 0 aliphatic heterocycles. The Labute approximate surface area is 152 Å². The fourth-order valence-corrected chi connectivity index (χ4v) is 2.53. The lowest BCUT2D eigenvalue weighted by Gasteiger charge is -2.14. The van der Waals surface area contributed by atoms with Crippen LogP contribution < -0.4 is 15.8 Å². The Hall–Kier alpha value is -3.34. The smallest absolute Gasteiger partial charge is 0.192 e. The molecule has 0 amide bonds. The first-order valence-corrected chi connectivity index (χ1v) is 8.21. The van der Waals surface area contributed by atoms with Crippen LogP contribution in [-0.4, -0.2) is 13.0 Å². The highest BCUT2D eigenvalue weighted by atomic mass is 19.1. The fourth-order valence-electron chi connectivity index (χ4n) is 2.53. The first-order chi connectivity index (χ1) is 12.7. The second kappa shape index (κ2) is 8.16. The number of ether oxygens (including phenoxy) is 1. The van der Waals surface area contributed by atoms with Gasteiger partial charge in [-0.2, -0.15) is 0 Å². The van der Waals surface area contributed by atoms with E-state index in [1.54, 1.807) is 19.2 Å². The van der Waals surface area contributed by atoms with Gasteiger partial charge in [0.05, 0.1) is 0 Å². The summed E-state index contributed by atoms with van der Waals surface area (Å²) in [4.78, 5) is 3.90. The number of nitrogens with two attached hydrogens (primary N) is 1. The third kappa shape index (κ3) is 4.39. The summed E-state index contributed by atoms with van der Waals surface area (Å²) in [5, 5.41) is 3.01. The normalized spacial score (nSPS) is 11.2. The van der Waals surface area contributed by atoms with Gasteiger partial charge in [-0.15, -0.1) is 0 Å². The number of nitrogens with zero attached hydrogens (tertiary/aromatic N) is 1. The number of aliphatic imine (C=N–C) groups is 1. The molecule has 0 saturated carbocycles. The molecule has 0 fully saturated rings. The van der Waals surface area contributed by atoms with Crippen molar-refractivity contribution in [2.24, 2.45) is 10.7 Å². The molecule has 0 aliphatic rings. The van der Waals surface area contributed by atoms with Crippen molar-refractivity contribution in [3.63, 3.8) is 0 Å². The summed E-state index contributed by atoms with van der Waals surface area (Å²) in [5.74, 6) is 0.739. The van der Waals surface area contributed by atoms with Crippen molar-refractivity contribution in [1.29, 1.82) is 0 Å². The number of halogens is 1. The van der Waals surface area contributed by atoms with Crippen molar-refractivity contribution >= 4 is 11.6 Å². The van der Waals surface area contributed by atoms with Crippen LogP contribution in [0.5, 0.6) is 5.75 Å². The molecule has 0 aromatic heterocycles. The van der Waals surface area contributed by atoms with E-state index >= 15 is 0 Å². The Morgan fingerprint density at radius 1 is 1.04 bits per heavy atom. The van der Waals surface area contributed by atoms with Crippen molar-refractivity contribution in [1.82, 2.24) is 0 Å². The molecule has 3 aromatic carbocycles. The average Bonchev–Trinajstić information content (AvgIpc) is 2.68. The summed E-state index contributed by atoms with van der Waals surface area (Å²) >= 11 is 0. The SMILES string of the molecule is CN=C(N)Nc1ccc(OCc2ccccc2)c(-c2ccc(F)cc2)c1. The van der Waals surface area contributed by atoms with Gasteiger partial charge >= 0.3 is 0 Å². The van der Waals surface area contributed by atoms with Crippen LogP contribution in [0.3, 0.4) is 0 Å². The second-order valence-corrected chi connectivity index (χ2v) is 5.73. The average molecular weight is 349 g/mol. The molecule has 0 bridgehead atoms. The molecule has 5 heteroatoms. The van der Waals surface area contributed by atoms with Gasteiger partial charge < -0.3 is 15.8 Å². The monoisotopic (exact) mass is 349 g/mol. The summed E-state index contributed by atoms with van der Waals surface area (Å²) in [6.07, 6.45) is 0. The Morgan fingerprint density at radius 2 is 1.77 bits per heavy atom. The number of rotatable bonds is 5. The lowest BCUT2D eigenvalue weighted by atomic mass is 10.0. The molecular formula is C21H20FN3O. The zero-order valence-corrected chi connectivity index (χ0v) is 14.4. The predicted molar refractivity (Wildman–Crippen MR) is 104 cm³/mol. The minimum Gasteiger partial charge on any atom is -0.488 e. The quantitative estimate of drug-likeness (QED) is 0.529. The summed E-state index contributed by atoms with van der Waals surface area (Å²) in [6.45, 7) is 0.445. The van der Waals surface area contributed by atoms with Gasteiger partial charge in [-0.3, -0.25) is 4.99 Å². The van der Waals surface area contributed by atoms with Crippen LogP contribution in [0.15, 0.2) is 77.8 Å². The van der Waals surface area contributed by atoms with Gasteiger partial charge in [-0.1, -0.05) is 42.5 Å². The van der Waals surface area contributed by atoms with E-state index in [0.29, 0.717) is 18.3 Å². The largest absolute Gasteiger partial charge is 0.488 e. The highest BCUT2D eigenvalue weighted by molar-refractivity contribution is 5.93. The van der Waals surface area contributed by atoms with Crippen LogP contribution in [0, 0.1) is 5.82 Å². The fraction of sp³-hybridized carbons (Fsp3) is 0.0952. The summed E-state index contributed by atoms with van der Waals surface area (Å²) in [6, 6.07) is 21.9. The molecule has 0 aliphatic carbocycles. The Bertz CT molecular complexity index is 893. The molecule has 132 valence electrons. The molecule has 4 nitrogen and oxygen atoms in total. The summed E-state index contributed by atoms with van der Waals surface area (Å²) in [5.41, 5.74) is 9.29. The minimum atomic E-state index is -0.280. The lowest BCUT2D eigenvalue weighted by Crippen LogP contribution is -2.21. The highest BCUT2D eigenvalue weighted by Crippen LogP contribution is 2.33. The van der Waals surface area contributed by atoms with Crippen molar-refractivity contribution in [2.75, 3.05) is 12.4 Å². The standard InChI is InChI=1S/C21H20FN3O/c1-24-21(23)25-18-11-12-20(26-14-15-5-3-2-4-6-15)19(13-18)16-7-9-17(22)10-8-16/h2-13H,14H2,1H3,(H3,23,24,25). The number of nitrogens with one attached hydrogen (secondary N) is 1. The van der Waals surface area contributed by atoms with Gasteiger partial charge in [-0.05, 0) is 41.5 Å². The number of hydrogen-bond donors (Lipinski definition) is 2. The molecule has 0 radical (unpaired) electrons. The maximum atomic E-state index is 13.3. The van der Waals surface area contributed by atoms with Gasteiger partial charge in [-0.25, -0.2) is 4.39 Å². The van der Waals surface area contributed by atoms with Crippen LogP contribution in [0.25, 0.3) is 11.1 Å². The second-order valence-electron chi connectivity index (χ2n) is 5.73. The van der Waals surface area contributed by atoms with E-state index in [0.717, 1.165) is 22.4 Å². The van der Waals surface area contributed by atoms with Crippen molar-refractivity contribution in [2.45, 2.75) is 6.61 Å². The van der Waals surface area contributed by atoms with E-state index in [4.69, 9.17) is 10.5 Å². The zero-order valence-electron chi connectivity index (χ0n) is 14.4. The number of guanidine groups is 1. The molecule has 0 spiro atoms. The number of anilines is 1. The van der Waals surface area contributed by atoms with E-state index in [9.17, 15) is 4.39 Å². The highest BCUT2D eigenvalue weighted by Gasteiger charge is 2.09. The zero-order chi connectivity index (χ0) is 18.4. The van der Waals surface area contributed by atoms with Gasteiger partial charge in [0, 0.05) is 18.3 Å². The summed E-state index contributed by atoms with van der Waals surface area (Å²) in [7, 11) is 1.61. The van der Waals surface area contributed by atoms with Crippen LogP contribution in [0.2, 0.25) is 0 Å². The molecular weight excluding hydrogens is 329 g/mol. The van der Waals surface area contributed by atoms with Gasteiger partial charge in [0.15, 0.2) is 5.96 Å². The van der Waals surface area contributed by atoms with Gasteiger partial charge in [0.2, 0.25) is 0 Å². The molecule has 0 heterocycles. The minimum absolute atomic E-state index is 0.280. The van der Waals surface area contributed by atoms with Gasteiger partial charge in [0.1, 0.15) is 18.2 Å². The Kier molecular flexibility index (Phi) is 5.49. The molecule has 3 aromatic rings. The molecule has 0 atom stereocenters. The molecule has 3 N–H and O–H groups in total. The molecule has 3 rings (SSSR count). The summed E-state index contributed by atoms with van der Waals surface area (Å²) < 4.78 is 19.3.